The molecule has 0 saturated carbocycles. The molecule has 1 aliphatic carbocycles. The van der Waals surface area contributed by atoms with E-state index in [-0.39, 0.29) is 30.9 Å². The van der Waals surface area contributed by atoms with Crippen molar-refractivity contribution in [3.05, 3.63) is 59.7 Å². The smallest absolute Gasteiger partial charge is 0.407 e. The predicted molar refractivity (Wildman–Crippen MR) is 128 cm³/mol. The van der Waals surface area contributed by atoms with Gasteiger partial charge >= 0.3 is 6.09 Å². The van der Waals surface area contributed by atoms with Gasteiger partial charge in [-0.3, -0.25) is 9.59 Å². The van der Waals surface area contributed by atoms with Crippen molar-refractivity contribution in [2.45, 2.75) is 52.1 Å². The van der Waals surface area contributed by atoms with E-state index in [2.05, 4.69) is 28.1 Å². The highest BCUT2D eigenvalue weighted by Gasteiger charge is 2.30. The zero-order valence-electron chi connectivity index (χ0n) is 19.9. The van der Waals surface area contributed by atoms with Crippen molar-refractivity contribution in [3.63, 3.8) is 0 Å². The van der Waals surface area contributed by atoms with Gasteiger partial charge in [-0.25, -0.2) is 4.79 Å². The first kappa shape index (κ1) is 24.3. The summed E-state index contributed by atoms with van der Waals surface area (Å²) in [5, 5.41) is 8.05. The standard InChI is InChI=1S/C26H33N3O4/c1-16(2)23(24(31)29-26(3,4)5)28-22(30)14-27-25(32)33-15-21-19-12-8-6-10-17(19)18-11-7-9-13-20(18)21/h6-13,16,21,23H,14-15H2,1-5H3,(H,27,32)(H,28,30)(H,29,31). The molecule has 3 rings (SSSR count). The fourth-order valence-corrected chi connectivity index (χ4v) is 4.01. The molecule has 33 heavy (non-hydrogen) atoms. The zero-order valence-corrected chi connectivity index (χ0v) is 19.9. The zero-order chi connectivity index (χ0) is 24.2. The van der Waals surface area contributed by atoms with E-state index in [1.54, 1.807) is 0 Å². The average Bonchev–Trinajstić information content (AvgIpc) is 3.07. The lowest BCUT2D eigenvalue weighted by Gasteiger charge is -2.27. The molecule has 0 bridgehead atoms. The van der Waals surface area contributed by atoms with E-state index < -0.39 is 23.6 Å². The van der Waals surface area contributed by atoms with Crippen molar-refractivity contribution in [2.75, 3.05) is 13.2 Å². The summed E-state index contributed by atoms with van der Waals surface area (Å²) in [6.45, 7) is 9.24. The van der Waals surface area contributed by atoms with Crippen LogP contribution < -0.4 is 16.0 Å². The van der Waals surface area contributed by atoms with Gasteiger partial charge in [0.2, 0.25) is 11.8 Å². The van der Waals surface area contributed by atoms with E-state index in [9.17, 15) is 14.4 Å². The van der Waals surface area contributed by atoms with E-state index >= 15 is 0 Å². The maximum absolute atomic E-state index is 12.5. The first-order chi connectivity index (χ1) is 15.6. The molecular weight excluding hydrogens is 418 g/mol. The summed E-state index contributed by atoms with van der Waals surface area (Å²) in [6.07, 6.45) is -0.674. The molecule has 1 unspecified atom stereocenters. The fraction of sp³-hybridized carbons (Fsp3) is 0.423. The second-order valence-corrected chi connectivity index (χ2v) is 9.71. The summed E-state index contributed by atoms with van der Waals surface area (Å²) in [4.78, 5) is 37.1. The van der Waals surface area contributed by atoms with Crippen LogP contribution >= 0.6 is 0 Å². The van der Waals surface area contributed by atoms with Crippen LogP contribution in [-0.2, 0) is 14.3 Å². The summed E-state index contributed by atoms with van der Waals surface area (Å²) < 4.78 is 5.45. The molecule has 0 saturated heterocycles. The van der Waals surface area contributed by atoms with Crippen molar-refractivity contribution in [3.8, 4) is 11.1 Å². The van der Waals surface area contributed by atoms with E-state index in [0.717, 1.165) is 22.3 Å². The Morgan fingerprint density at radius 2 is 1.48 bits per heavy atom. The van der Waals surface area contributed by atoms with Gasteiger partial charge in [0.1, 0.15) is 19.2 Å². The molecule has 7 nitrogen and oxygen atoms in total. The van der Waals surface area contributed by atoms with Gasteiger partial charge in [-0.2, -0.15) is 0 Å². The number of rotatable bonds is 7. The number of carbonyl (C=O) groups is 3. The lowest BCUT2D eigenvalue weighted by Crippen LogP contribution is -2.55. The van der Waals surface area contributed by atoms with Crippen LogP contribution in [0.25, 0.3) is 11.1 Å². The molecule has 3 N–H and O–H groups in total. The molecule has 0 radical (unpaired) electrons. The number of hydrogen-bond acceptors (Lipinski definition) is 4. The summed E-state index contributed by atoms with van der Waals surface area (Å²) in [7, 11) is 0. The van der Waals surface area contributed by atoms with Crippen LogP contribution in [0.15, 0.2) is 48.5 Å². The first-order valence-electron chi connectivity index (χ1n) is 11.3. The van der Waals surface area contributed by atoms with Gasteiger partial charge in [-0.15, -0.1) is 0 Å². The first-order valence-corrected chi connectivity index (χ1v) is 11.3. The Kier molecular flexibility index (Phi) is 7.41. The van der Waals surface area contributed by atoms with Gasteiger partial charge in [0.15, 0.2) is 0 Å². The SMILES string of the molecule is CC(C)C(NC(=O)CNC(=O)OCC1c2ccccc2-c2ccccc21)C(=O)NC(C)(C)C. The summed E-state index contributed by atoms with van der Waals surface area (Å²) in [5.74, 6) is -0.868. The number of nitrogens with one attached hydrogen (secondary N) is 3. The molecule has 2 aromatic rings. The second-order valence-electron chi connectivity index (χ2n) is 9.71. The highest BCUT2D eigenvalue weighted by molar-refractivity contribution is 5.90. The van der Waals surface area contributed by atoms with Crippen LogP contribution in [0.5, 0.6) is 0 Å². The minimum Gasteiger partial charge on any atom is -0.449 e. The van der Waals surface area contributed by atoms with Gasteiger partial charge < -0.3 is 20.7 Å². The number of amides is 3. The third-order valence-electron chi connectivity index (χ3n) is 5.50. The van der Waals surface area contributed by atoms with Crippen LogP contribution in [0.4, 0.5) is 4.79 Å². The van der Waals surface area contributed by atoms with Crippen LogP contribution in [0.2, 0.25) is 0 Å². The Bertz CT molecular complexity index is 981. The molecule has 2 aromatic carbocycles. The van der Waals surface area contributed by atoms with Gasteiger partial charge in [0, 0.05) is 11.5 Å². The highest BCUT2D eigenvalue weighted by Crippen LogP contribution is 2.44. The molecule has 3 amide bonds. The Labute approximate surface area is 195 Å². The molecule has 176 valence electrons. The predicted octanol–water partition coefficient (Wildman–Crippen LogP) is 3.58. The van der Waals surface area contributed by atoms with Crippen LogP contribution in [0, 0.1) is 5.92 Å². The minimum absolute atomic E-state index is 0.0524. The highest BCUT2D eigenvalue weighted by atomic mass is 16.5. The van der Waals surface area contributed by atoms with Crippen molar-refractivity contribution in [1.82, 2.24) is 16.0 Å². The van der Waals surface area contributed by atoms with Crippen LogP contribution in [0.1, 0.15) is 51.7 Å². The third kappa shape index (κ3) is 6.12. The average molecular weight is 452 g/mol. The topological polar surface area (TPSA) is 96.5 Å². The number of ether oxygens (including phenoxy) is 1. The molecule has 0 fully saturated rings. The number of fused-ring (bicyclic) bond motifs is 3. The minimum atomic E-state index is -0.693. The van der Waals surface area contributed by atoms with E-state index in [4.69, 9.17) is 4.74 Å². The number of carbonyl (C=O) groups excluding carboxylic acids is 3. The summed E-state index contributed by atoms with van der Waals surface area (Å²) in [6, 6.07) is 15.5. The molecule has 1 atom stereocenters. The Morgan fingerprint density at radius 3 is 2.00 bits per heavy atom. The molecule has 0 spiro atoms. The maximum Gasteiger partial charge on any atom is 0.407 e. The normalized spacial score (nSPS) is 13.6. The molecule has 0 heterocycles. The van der Waals surface area contributed by atoms with Gasteiger partial charge in [-0.05, 0) is 48.9 Å². The number of hydrogen-bond donors (Lipinski definition) is 3. The lowest BCUT2D eigenvalue weighted by atomic mass is 9.98. The van der Waals surface area contributed by atoms with Gasteiger partial charge in [-0.1, -0.05) is 62.4 Å². The van der Waals surface area contributed by atoms with Crippen molar-refractivity contribution in [2.24, 2.45) is 5.92 Å². The van der Waals surface area contributed by atoms with Crippen molar-refractivity contribution in [1.29, 1.82) is 0 Å². The van der Waals surface area contributed by atoms with E-state index in [0.29, 0.717) is 0 Å². The Hall–Kier alpha value is -3.35. The Morgan fingerprint density at radius 1 is 0.939 bits per heavy atom. The third-order valence-corrected chi connectivity index (χ3v) is 5.50. The van der Waals surface area contributed by atoms with Gasteiger partial charge in [0.05, 0.1) is 0 Å². The van der Waals surface area contributed by atoms with Gasteiger partial charge in [0.25, 0.3) is 0 Å². The Balaban J connectivity index is 1.52. The molecule has 1 aliphatic rings. The molecular formula is C26H33N3O4. The maximum atomic E-state index is 12.5. The number of benzene rings is 2. The quantitative estimate of drug-likeness (QED) is 0.599. The largest absolute Gasteiger partial charge is 0.449 e. The van der Waals surface area contributed by atoms with E-state index in [1.165, 1.54) is 0 Å². The molecule has 7 heteroatoms. The van der Waals surface area contributed by atoms with Crippen LogP contribution in [-0.4, -0.2) is 42.6 Å². The number of alkyl carbamates (subject to hydrolysis) is 1. The lowest BCUT2D eigenvalue weighted by molar-refractivity contribution is -0.130. The molecule has 0 aromatic heterocycles. The van der Waals surface area contributed by atoms with Crippen LogP contribution in [0.3, 0.4) is 0 Å². The molecule has 0 aliphatic heterocycles. The summed E-state index contributed by atoms with van der Waals surface area (Å²) >= 11 is 0. The second kappa shape index (κ2) is 10.1. The van der Waals surface area contributed by atoms with Crippen molar-refractivity contribution >= 4 is 17.9 Å². The monoisotopic (exact) mass is 451 g/mol. The van der Waals surface area contributed by atoms with Crippen molar-refractivity contribution < 1.29 is 19.1 Å². The summed E-state index contributed by atoms with van der Waals surface area (Å²) in [5.41, 5.74) is 4.13. The van der Waals surface area contributed by atoms with E-state index in [1.807, 2.05) is 71.0 Å². The fourth-order valence-electron chi connectivity index (χ4n) is 4.01.